The number of urea groups is 1. The highest BCUT2D eigenvalue weighted by Gasteiger charge is 2.68. The highest BCUT2D eigenvalue weighted by molar-refractivity contribution is 6.30. The number of nitrogens with zero attached hydrogens (tertiary/aromatic N) is 2. The van der Waals surface area contributed by atoms with Crippen LogP contribution >= 0.6 is 0 Å². The molecule has 2 aliphatic rings. The van der Waals surface area contributed by atoms with Crippen LogP contribution in [0.3, 0.4) is 0 Å². The molecule has 0 bridgehead atoms. The lowest BCUT2D eigenvalue weighted by Gasteiger charge is -2.38. The van der Waals surface area contributed by atoms with Crippen molar-refractivity contribution in [1.82, 2.24) is 15.1 Å². The van der Waals surface area contributed by atoms with Gasteiger partial charge in [0.2, 0.25) is 0 Å². The molecule has 146 valence electrons. The third-order valence-electron chi connectivity index (χ3n) is 4.54. The molecule has 0 aliphatic carbocycles. The second-order valence-corrected chi connectivity index (χ2v) is 6.16. The third kappa shape index (κ3) is 2.61. The first-order valence-corrected chi connectivity index (χ1v) is 8.20. The van der Waals surface area contributed by atoms with Crippen molar-refractivity contribution in [3.05, 3.63) is 47.2 Å². The molecule has 1 aromatic rings. The number of amides is 4. The first kappa shape index (κ1) is 19.1. The molecule has 0 aromatic heterocycles. The lowest BCUT2D eigenvalue weighted by Crippen LogP contribution is -2.68. The van der Waals surface area contributed by atoms with Crippen LogP contribution in [0.15, 0.2) is 41.6 Å². The van der Waals surface area contributed by atoms with Crippen molar-refractivity contribution in [2.75, 3.05) is 21.2 Å². The van der Waals surface area contributed by atoms with E-state index in [0.29, 0.717) is 9.80 Å². The fourth-order valence-corrected chi connectivity index (χ4v) is 3.08. The third-order valence-corrected chi connectivity index (χ3v) is 4.54. The fraction of sp³-hybridized carbons (Fsp3) is 0.278. The molecule has 10 heteroatoms. The van der Waals surface area contributed by atoms with E-state index < -0.39 is 41.0 Å². The Kier molecular flexibility index (Phi) is 4.63. The first-order chi connectivity index (χ1) is 13.3. The second kappa shape index (κ2) is 6.80. The van der Waals surface area contributed by atoms with Gasteiger partial charge in [0, 0.05) is 20.6 Å². The van der Waals surface area contributed by atoms with Crippen LogP contribution in [0, 0.1) is 0 Å². The lowest BCUT2D eigenvalue weighted by atomic mass is 9.88. The van der Waals surface area contributed by atoms with Crippen molar-refractivity contribution in [3.8, 4) is 0 Å². The van der Waals surface area contributed by atoms with Gasteiger partial charge < -0.3 is 14.8 Å². The summed E-state index contributed by atoms with van der Waals surface area (Å²) in [5, 5.41) is 2.74. The van der Waals surface area contributed by atoms with Gasteiger partial charge in [0.25, 0.3) is 11.8 Å². The van der Waals surface area contributed by atoms with E-state index in [-0.39, 0.29) is 12.2 Å². The van der Waals surface area contributed by atoms with Gasteiger partial charge in [-0.25, -0.2) is 14.4 Å². The molecule has 1 fully saturated rings. The van der Waals surface area contributed by atoms with E-state index in [9.17, 15) is 24.0 Å². The van der Waals surface area contributed by atoms with Crippen molar-refractivity contribution in [1.29, 1.82) is 0 Å². The zero-order valence-corrected chi connectivity index (χ0v) is 15.3. The molecular formula is C18H17N3O7. The van der Waals surface area contributed by atoms with Gasteiger partial charge >= 0.3 is 23.6 Å². The number of benzene rings is 1. The molecule has 1 saturated heterocycles. The molecule has 10 nitrogen and oxygen atoms in total. The second-order valence-electron chi connectivity index (χ2n) is 6.16. The normalized spacial score (nSPS) is 18.7. The predicted octanol–water partition coefficient (Wildman–Crippen LogP) is -0.451. The standard InChI is InChI=1S/C18H17N3O7/c1-20-15(24)18(16(25)21(2)17(20)26)11(13(22)27-3)12(14(23)28-18)19-9-10-7-5-4-6-8-10/h4-8,19H,9H2,1-3H3. The van der Waals surface area contributed by atoms with Crippen LogP contribution in [0.25, 0.3) is 0 Å². The number of methoxy groups -OCH3 is 1. The minimum atomic E-state index is -2.61. The summed E-state index contributed by atoms with van der Waals surface area (Å²) < 4.78 is 9.82. The van der Waals surface area contributed by atoms with E-state index in [1.165, 1.54) is 0 Å². The summed E-state index contributed by atoms with van der Waals surface area (Å²) in [5.74, 6) is -4.47. The topological polar surface area (TPSA) is 122 Å². The molecule has 3 rings (SSSR count). The van der Waals surface area contributed by atoms with Crippen molar-refractivity contribution in [3.63, 3.8) is 0 Å². The maximum absolute atomic E-state index is 12.8. The van der Waals surface area contributed by atoms with E-state index in [0.717, 1.165) is 26.8 Å². The minimum Gasteiger partial charge on any atom is -0.465 e. The molecule has 0 radical (unpaired) electrons. The van der Waals surface area contributed by atoms with Crippen molar-refractivity contribution < 1.29 is 33.4 Å². The van der Waals surface area contributed by atoms with Crippen LogP contribution in [0.5, 0.6) is 0 Å². The number of rotatable bonds is 4. The van der Waals surface area contributed by atoms with Crippen molar-refractivity contribution in [2.45, 2.75) is 12.1 Å². The molecule has 2 aliphatic heterocycles. The molecule has 0 saturated carbocycles. The van der Waals surface area contributed by atoms with Crippen LogP contribution < -0.4 is 5.32 Å². The van der Waals surface area contributed by atoms with Crippen molar-refractivity contribution >= 4 is 29.8 Å². The summed E-state index contributed by atoms with van der Waals surface area (Å²) in [6.07, 6.45) is 0. The number of esters is 2. The Morgan fingerprint density at radius 2 is 1.64 bits per heavy atom. The van der Waals surface area contributed by atoms with E-state index in [2.05, 4.69) is 5.32 Å². The minimum absolute atomic E-state index is 0.120. The maximum Gasteiger partial charge on any atom is 0.357 e. The van der Waals surface area contributed by atoms with E-state index in [4.69, 9.17) is 9.47 Å². The van der Waals surface area contributed by atoms with Gasteiger partial charge in [0.1, 0.15) is 11.3 Å². The summed E-state index contributed by atoms with van der Waals surface area (Å²) in [5.41, 5.74) is -2.79. The molecule has 4 amide bonds. The lowest BCUT2D eigenvalue weighted by molar-refractivity contribution is -0.176. The Labute approximate surface area is 159 Å². The Balaban J connectivity index is 2.11. The fourth-order valence-electron chi connectivity index (χ4n) is 3.08. The average molecular weight is 387 g/mol. The highest BCUT2D eigenvalue weighted by atomic mass is 16.6. The van der Waals surface area contributed by atoms with Gasteiger partial charge in [0.05, 0.1) is 7.11 Å². The number of ether oxygens (including phenoxy) is 2. The van der Waals surface area contributed by atoms with Gasteiger partial charge in [-0.15, -0.1) is 0 Å². The smallest absolute Gasteiger partial charge is 0.357 e. The number of barbiturate groups is 1. The van der Waals surface area contributed by atoms with Gasteiger partial charge in [0.15, 0.2) is 0 Å². The molecule has 1 spiro atoms. The summed E-state index contributed by atoms with van der Waals surface area (Å²) >= 11 is 0. The Morgan fingerprint density at radius 3 is 2.18 bits per heavy atom. The molecule has 1 aromatic carbocycles. The number of carbonyl (C=O) groups excluding carboxylic acids is 5. The maximum atomic E-state index is 12.8. The van der Waals surface area contributed by atoms with Gasteiger partial charge in [-0.05, 0) is 5.56 Å². The van der Waals surface area contributed by atoms with Crippen molar-refractivity contribution in [2.24, 2.45) is 0 Å². The number of hydrogen-bond donors (Lipinski definition) is 1. The van der Waals surface area contributed by atoms with Crippen LogP contribution in [-0.4, -0.2) is 66.4 Å². The molecule has 28 heavy (non-hydrogen) atoms. The van der Waals surface area contributed by atoms with Gasteiger partial charge in [-0.1, -0.05) is 30.3 Å². The molecule has 1 N–H and O–H groups in total. The van der Waals surface area contributed by atoms with E-state index >= 15 is 0 Å². The summed E-state index contributed by atoms with van der Waals surface area (Å²) in [4.78, 5) is 63.9. The molecule has 0 unspecified atom stereocenters. The average Bonchev–Trinajstić information content (AvgIpc) is 3.01. The Bertz CT molecular complexity index is 898. The van der Waals surface area contributed by atoms with Gasteiger partial charge in [-0.2, -0.15) is 0 Å². The summed E-state index contributed by atoms with van der Waals surface area (Å²) in [7, 11) is 3.28. The molecular weight excluding hydrogens is 370 g/mol. The monoisotopic (exact) mass is 387 g/mol. The van der Waals surface area contributed by atoms with Crippen LogP contribution in [-0.2, 0) is 35.2 Å². The van der Waals surface area contributed by atoms with E-state index in [1.807, 2.05) is 6.07 Å². The summed E-state index contributed by atoms with van der Waals surface area (Å²) in [6, 6.07) is 8.02. The number of imide groups is 2. The zero-order valence-electron chi connectivity index (χ0n) is 15.3. The van der Waals surface area contributed by atoms with Gasteiger partial charge in [-0.3, -0.25) is 19.4 Å². The van der Waals surface area contributed by atoms with E-state index in [1.54, 1.807) is 24.3 Å². The number of hydrogen-bond acceptors (Lipinski definition) is 8. The van der Waals surface area contributed by atoms with Crippen LogP contribution in [0.2, 0.25) is 0 Å². The highest BCUT2D eigenvalue weighted by Crippen LogP contribution is 2.38. The molecule has 0 atom stereocenters. The zero-order chi connectivity index (χ0) is 20.6. The SMILES string of the molecule is COC(=O)C1=C(NCc2ccccc2)C(=O)OC12C(=O)N(C)C(=O)N(C)C2=O. The van der Waals surface area contributed by atoms with Crippen LogP contribution in [0.4, 0.5) is 4.79 Å². The summed E-state index contributed by atoms with van der Waals surface area (Å²) in [6.45, 7) is 0.120. The quantitative estimate of drug-likeness (QED) is 0.544. The number of likely N-dealkylation sites (N-methyl/N-ethyl adjacent to an activating group) is 2. The Morgan fingerprint density at radius 1 is 1.07 bits per heavy atom. The van der Waals surface area contributed by atoms with Crippen LogP contribution in [0.1, 0.15) is 5.56 Å². The molecule has 2 heterocycles. The number of nitrogens with one attached hydrogen (secondary N) is 1. The predicted molar refractivity (Wildman–Crippen MR) is 92.1 cm³/mol. The first-order valence-electron chi connectivity index (χ1n) is 8.20. The largest absolute Gasteiger partial charge is 0.465 e. The number of carbonyl (C=O) groups is 5. The Hall–Kier alpha value is -3.69.